The summed E-state index contributed by atoms with van der Waals surface area (Å²) < 4.78 is 26.3. The van der Waals surface area contributed by atoms with Crippen LogP contribution in [0.4, 0.5) is 8.78 Å². The number of carbonyl (C=O) groups is 2. The van der Waals surface area contributed by atoms with Crippen LogP contribution in [-0.2, 0) is 16.1 Å². The fraction of sp³-hybridized carbons (Fsp3) is 0.467. The van der Waals surface area contributed by atoms with Gasteiger partial charge in [0.2, 0.25) is 11.8 Å². The molecule has 1 saturated heterocycles. The number of hydrogen-bond donors (Lipinski definition) is 1. The summed E-state index contributed by atoms with van der Waals surface area (Å²) in [6, 6.07) is 2.50. The van der Waals surface area contributed by atoms with Crippen molar-refractivity contribution >= 4 is 11.8 Å². The van der Waals surface area contributed by atoms with Crippen molar-refractivity contribution < 1.29 is 18.4 Å². The third kappa shape index (κ3) is 3.26. The zero-order valence-corrected chi connectivity index (χ0v) is 12.0. The van der Waals surface area contributed by atoms with Crippen molar-refractivity contribution in [2.24, 2.45) is 0 Å². The molecular weight excluding hydrogens is 278 g/mol. The van der Waals surface area contributed by atoms with Gasteiger partial charge in [-0.3, -0.25) is 14.5 Å². The Morgan fingerprint density at radius 1 is 1.38 bits per heavy atom. The number of hydrogen-bond acceptors (Lipinski definition) is 3. The van der Waals surface area contributed by atoms with Gasteiger partial charge in [0.1, 0.15) is 11.6 Å². The summed E-state index contributed by atoms with van der Waals surface area (Å²) in [5.41, 5.74) is 0.263. The predicted molar refractivity (Wildman–Crippen MR) is 73.2 cm³/mol. The SMILES string of the molecule is CCC(C)N1C(=O)CC(NCc2ccc(F)cc2F)C1=O. The summed E-state index contributed by atoms with van der Waals surface area (Å²) in [6.45, 7) is 3.79. The molecule has 2 unspecified atom stereocenters. The average Bonchev–Trinajstić information content (AvgIpc) is 2.72. The van der Waals surface area contributed by atoms with Crippen molar-refractivity contribution in [1.82, 2.24) is 10.2 Å². The van der Waals surface area contributed by atoms with Crippen LogP contribution in [-0.4, -0.2) is 28.8 Å². The van der Waals surface area contributed by atoms with Gasteiger partial charge in [0, 0.05) is 24.2 Å². The molecule has 2 atom stereocenters. The number of amides is 2. The van der Waals surface area contributed by atoms with E-state index in [1.54, 1.807) is 0 Å². The van der Waals surface area contributed by atoms with E-state index in [0.717, 1.165) is 12.1 Å². The Morgan fingerprint density at radius 2 is 2.10 bits per heavy atom. The van der Waals surface area contributed by atoms with Crippen LogP contribution in [0.2, 0.25) is 0 Å². The summed E-state index contributed by atoms with van der Waals surface area (Å²) in [4.78, 5) is 25.3. The lowest BCUT2D eigenvalue weighted by Crippen LogP contribution is -2.42. The molecule has 1 aromatic rings. The van der Waals surface area contributed by atoms with Crippen LogP contribution in [0, 0.1) is 11.6 Å². The smallest absolute Gasteiger partial charge is 0.247 e. The number of nitrogens with one attached hydrogen (secondary N) is 1. The standard InChI is InChI=1S/C15H18F2N2O2/c1-3-9(2)19-14(20)7-13(15(19)21)18-8-10-4-5-11(16)6-12(10)17/h4-6,9,13,18H,3,7-8H2,1-2H3. The molecule has 21 heavy (non-hydrogen) atoms. The average molecular weight is 296 g/mol. The monoisotopic (exact) mass is 296 g/mol. The Morgan fingerprint density at radius 3 is 2.71 bits per heavy atom. The number of nitrogens with zero attached hydrogens (tertiary/aromatic N) is 1. The molecule has 4 nitrogen and oxygen atoms in total. The minimum atomic E-state index is -0.668. The summed E-state index contributed by atoms with van der Waals surface area (Å²) in [6.07, 6.45) is 0.767. The van der Waals surface area contributed by atoms with E-state index in [1.165, 1.54) is 11.0 Å². The fourth-order valence-electron chi connectivity index (χ4n) is 2.35. The number of carbonyl (C=O) groups excluding carboxylic acids is 2. The van der Waals surface area contributed by atoms with Gasteiger partial charge in [0.05, 0.1) is 12.5 Å². The molecule has 0 spiro atoms. The highest BCUT2D eigenvalue weighted by Crippen LogP contribution is 2.19. The zero-order valence-electron chi connectivity index (χ0n) is 12.0. The summed E-state index contributed by atoms with van der Waals surface area (Å²) in [5, 5.41) is 2.87. The highest BCUT2D eigenvalue weighted by atomic mass is 19.1. The number of benzene rings is 1. The molecule has 0 radical (unpaired) electrons. The maximum Gasteiger partial charge on any atom is 0.247 e. The first-order valence-corrected chi connectivity index (χ1v) is 6.97. The van der Waals surface area contributed by atoms with Crippen LogP contribution in [0.3, 0.4) is 0 Å². The molecule has 0 bridgehead atoms. The number of likely N-dealkylation sites (tertiary alicyclic amines) is 1. The second-order valence-electron chi connectivity index (χ2n) is 5.23. The van der Waals surface area contributed by atoms with E-state index < -0.39 is 17.7 Å². The molecule has 6 heteroatoms. The van der Waals surface area contributed by atoms with E-state index >= 15 is 0 Å². The molecule has 114 valence electrons. The molecule has 1 aromatic carbocycles. The maximum atomic E-state index is 13.5. The van der Waals surface area contributed by atoms with Crippen LogP contribution in [0.15, 0.2) is 18.2 Å². The first kappa shape index (κ1) is 15.6. The normalized spacial score (nSPS) is 20.2. The van der Waals surface area contributed by atoms with E-state index in [1.807, 2.05) is 13.8 Å². The van der Waals surface area contributed by atoms with E-state index in [0.29, 0.717) is 6.42 Å². The summed E-state index contributed by atoms with van der Waals surface area (Å²) in [5.74, 6) is -1.81. The molecule has 1 heterocycles. The highest BCUT2D eigenvalue weighted by molar-refractivity contribution is 6.05. The molecular formula is C15H18F2N2O2. The molecule has 0 aromatic heterocycles. The van der Waals surface area contributed by atoms with Gasteiger partial charge < -0.3 is 5.32 Å². The van der Waals surface area contributed by atoms with Crippen molar-refractivity contribution in [2.45, 2.75) is 45.3 Å². The minimum Gasteiger partial charge on any atom is -0.301 e. The van der Waals surface area contributed by atoms with Gasteiger partial charge >= 0.3 is 0 Å². The lowest BCUT2D eigenvalue weighted by Gasteiger charge is -2.21. The second kappa shape index (κ2) is 6.30. The Kier molecular flexibility index (Phi) is 4.67. The molecule has 0 saturated carbocycles. The van der Waals surface area contributed by atoms with Gasteiger partial charge in [-0.1, -0.05) is 13.0 Å². The van der Waals surface area contributed by atoms with E-state index in [-0.39, 0.29) is 36.4 Å². The van der Waals surface area contributed by atoms with Crippen molar-refractivity contribution in [3.63, 3.8) is 0 Å². The van der Waals surface area contributed by atoms with Crippen LogP contribution < -0.4 is 5.32 Å². The summed E-state index contributed by atoms with van der Waals surface area (Å²) in [7, 11) is 0. The first-order valence-electron chi connectivity index (χ1n) is 6.97. The third-order valence-electron chi connectivity index (χ3n) is 3.77. The van der Waals surface area contributed by atoms with Gasteiger partial charge in [0.25, 0.3) is 0 Å². The molecule has 2 rings (SSSR count). The van der Waals surface area contributed by atoms with Crippen LogP contribution in [0.1, 0.15) is 32.3 Å². The first-order chi connectivity index (χ1) is 9.93. The Bertz CT molecular complexity index is 563. The van der Waals surface area contributed by atoms with Gasteiger partial charge in [-0.15, -0.1) is 0 Å². The largest absolute Gasteiger partial charge is 0.301 e. The number of halogens is 2. The molecule has 1 aliphatic rings. The van der Waals surface area contributed by atoms with Gasteiger partial charge in [-0.05, 0) is 19.4 Å². The van der Waals surface area contributed by atoms with Gasteiger partial charge in [-0.2, -0.15) is 0 Å². The van der Waals surface area contributed by atoms with Crippen LogP contribution >= 0.6 is 0 Å². The molecule has 1 fully saturated rings. The van der Waals surface area contributed by atoms with Crippen LogP contribution in [0.25, 0.3) is 0 Å². The van der Waals surface area contributed by atoms with Gasteiger partial charge in [0.15, 0.2) is 0 Å². The lowest BCUT2D eigenvalue weighted by atomic mass is 10.1. The zero-order chi connectivity index (χ0) is 15.6. The fourth-order valence-corrected chi connectivity index (χ4v) is 2.35. The van der Waals surface area contributed by atoms with E-state index in [9.17, 15) is 18.4 Å². The third-order valence-corrected chi connectivity index (χ3v) is 3.77. The molecule has 0 aliphatic carbocycles. The van der Waals surface area contributed by atoms with Gasteiger partial charge in [-0.25, -0.2) is 8.78 Å². The number of rotatable bonds is 5. The van der Waals surface area contributed by atoms with Crippen LogP contribution in [0.5, 0.6) is 0 Å². The minimum absolute atomic E-state index is 0.0736. The molecule has 1 N–H and O–H groups in total. The van der Waals surface area contributed by atoms with E-state index in [2.05, 4.69) is 5.32 Å². The quantitative estimate of drug-likeness (QED) is 0.845. The molecule has 2 amide bonds. The van der Waals surface area contributed by atoms with Crippen molar-refractivity contribution in [2.75, 3.05) is 0 Å². The second-order valence-corrected chi connectivity index (χ2v) is 5.23. The van der Waals surface area contributed by atoms with Crippen molar-refractivity contribution in [3.8, 4) is 0 Å². The summed E-state index contributed by atoms with van der Waals surface area (Å²) >= 11 is 0. The lowest BCUT2D eigenvalue weighted by molar-refractivity contribution is -0.141. The Balaban J connectivity index is 2.01. The Labute approximate surface area is 122 Å². The predicted octanol–water partition coefficient (Wildman–Crippen LogP) is 1.98. The van der Waals surface area contributed by atoms with Crippen molar-refractivity contribution in [3.05, 3.63) is 35.4 Å². The number of imide groups is 1. The molecule has 1 aliphatic heterocycles. The highest BCUT2D eigenvalue weighted by Gasteiger charge is 2.40. The van der Waals surface area contributed by atoms with E-state index in [4.69, 9.17) is 0 Å². The topological polar surface area (TPSA) is 49.4 Å². The maximum absolute atomic E-state index is 13.5. The Hall–Kier alpha value is -1.82. The van der Waals surface area contributed by atoms with Crippen molar-refractivity contribution in [1.29, 1.82) is 0 Å².